The third kappa shape index (κ3) is 5.08. The van der Waals surface area contributed by atoms with Gasteiger partial charge in [-0.05, 0) is 70.0 Å². The number of rotatable bonds is 5. The standard InChI is InChI=1S/C19H12Br2N2O2/c20-15-6-1-13(2-7-15)3-10-17(24)14-4-8-16(9-5-14)25-19-12-11-18(21)22-23-19/h1-12H. The first-order chi connectivity index (χ1) is 12.1. The van der Waals surface area contributed by atoms with Gasteiger partial charge in [0.05, 0.1) is 0 Å². The van der Waals surface area contributed by atoms with E-state index in [4.69, 9.17) is 4.74 Å². The Kier molecular flexibility index (Phi) is 5.73. The molecule has 124 valence electrons. The summed E-state index contributed by atoms with van der Waals surface area (Å²) in [6.45, 7) is 0. The summed E-state index contributed by atoms with van der Waals surface area (Å²) in [5, 5.41) is 7.75. The topological polar surface area (TPSA) is 52.1 Å². The predicted octanol–water partition coefficient (Wildman–Crippen LogP) is 5.69. The number of aromatic nitrogens is 2. The van der Waals surface area contributed by atoms with E-state index in [0.29, 0.717) is 21.8 Å². The monoisotopic (exact) mass is 458 g/mol. The van der Waals surface area contributed by atoms with Crippen LogP contribution in [-0.4, -0.2) is 16.0 Å². The van der Waals surface area contributed by atoms with E-state index in [2.05, 4.69) is 42.1 Å². The van der Waals surface area contributed by atoms with Gasteiger partial charge in [-0.2, -0.15) is 0 Å². The maximum absolute atomic E-state index is 12.2. The summed E-state index contributed by atoms with van der Waals surface area (Å²) >= 11 is 6.60. The molecule has 0 spiro atoms. The molecule has 25 heavy (non-hydrogen) atoms. The van der Waals surface area contributed by atoms with Gasteiger partial charge in [0.2, 0.25) is 5.88 Å². The molecule has 0 fully saturated rings. The molecule has 2 aromatic carbocycles. The molecule has 0 aliphatic carbocycles. The number of benzene rings is 2. The van der Waals surface area contributed by atoms with E-state index < -0.39 is 0 Å². The van der Waals surface area contributed by atoms with Gasteiger partial charge in [0.25, 0.3) is 0 Å². The minimum absolute atomic E-state index is 0.0714. The number of nitrogens with zero attached hydrogens (tertiary/aromatic N) is 2. The van der Waals surface area contributed by atoms with Crippen molar-refractivity contribution in [1.82, 2.24) is 10.2 Å². The van der Waals surface area contributed by atoms with Crippen LogP contribution in [0.4, 0.5) is 0 Å². The van der Waals surface area contributed by atoms with Crippen molar-refractivity contribution in [3.05, 3.63) is 86.9 Å². The highest BCUT2D eigenvalue weighted by Gasteiger charge is 2.04. The molecule has 0 atom stereocenters. The van der Waals surface area contributed by atoms with Gasteiger partial charge < -0.3 is 4.74 Å². The molecule has 6 heteroatoms. The van der Waals surface area contributed by atoms with Crippen molar-refractivity contribution in [1.29, 1.82) is 0 Å². The van der Waals surface area contributed by atoms with E-state index in [9.17, 15) is 4.79 Å². The second-order valence-corrected chi connectivity index (χ2v) is 6.80. The molecule has 0 saturated carbocycles. The molecule has 0 aliphatic rings. The lowest BCUT2D eigenvalue weighted by molar-refractivity contribution is 0.104. The third-order valence-corrected chi connectivity index (χ3v) is 4.22. The van der Waals surface area contributed by atoms with Gasteiger partial charge in [-0.15, -0.1) is 10.2 Å². The first kappa shape index (κ1) is 17.5. The Hall–Kier alpha value is -2.31. The van der Waals surface area contributed by atoms with Crippen LogP contribution in [0.3, 0.4) is 0 Å². The highest BCUT2D eigenvalue weighted by molar-refractivity contribution is 9.10. The predicted molar refractivity (Wildman–Crippen MR) is 104 cm³/mol. The van der Waals surface area contributed by atoms with E-state index in [1.807, 2.05) is 24.3 Å². The largest absolute Gasteiger partial charge is 0.438 e. The second kappa shape index (κ2) is 8.18. The Morgan fingerprint density at radius 3 is 2.24 bits per heavy atom. The fraction of sp³-hybridized carbons (Fsp3) is 0. The Bertz CT molecular complexity index is 890. The molecule has 3 rings (SSSR count). The summed E-state index contributed by atoms with van der Waals surface area (Å²) in [4.78, 5) is 12.2. The minimum atomic E-state index is -0.0714. The fourth-order valence-electron chi connectivity index (χ4n) is 2.01. The van der Waals surface area contributed by atoms with E-state index in [0.717, 1.165) is 10.0 Å². The number of halogens is 2. The van der Waals surface area contributed by atoms with Crippen molar-refractivity contribution < 1.29 is 9.53 Å². The zero-order valence-corrected chi connectivity index (χ0v) is 16.1. The van der Waals surface area contributed by atoms with Crippen LogP contribution in [0.25, 0.3) is 6.08 Å². The molecule has 0 radical (unpaired) electrons. The first-order valence-corrected chi connectivity index (χ1v) is 8.94. The molecule has 0 N–H and O–H groups in total. The van der Waals surface area contributed by atoms with Gasteiger partial charge in [-0.25, -0.2) is 0 Å². The fourth-order valence-corrected chi connectivity index (χ4v) is 2.48. The van der Waals surface area contributed by atoms with Gasteiger partial charge >= 0.3 is 0 Å². The lowest BCUT2D eigenvalue weighted by atomic mass is 10.1. The normalized spacial score (nSPS) is 10.8. The van der Waals surface area contributed by atoms with Crippen LogP contribution in [0.1, 0.15) is 15.9 Å². The molecule has 3 aromatic rings. The lowest BCUT2D eigenvalue weighted by Crippen LogP contribution is -1.95. The maximum atomic E-state index is 12.2. The SMILES string of the molecule is O=C(C=Cc1ccc(Br)cc1)c1ccc(Oc2ccc(Br)nn2)cc1. The number of hydrogen-bond acceptors (Lipinski definition) is 4. The summed E-state index contributed by atoms with van der Waals surface area (Å²) in [7, 11) is 0. The van der Waals surface area contributed by atoms with Gasteiger partial charge in [0, 0.05) is 16.1 Å². The van der Waals surface area contributed by atoms with Crippen LogP contribution >= 0.6 is 31.9 Å². The van der Waals surface area contributed by atoms with Crippen molar-refractivity contribution in [3.8, 4) is 11.6 Å². The average molecular weight is 460 g/mol. The van der Waals surface area contributed by atoms with Crippen molar-refractivity contribution in [2.75, 3.05) is 0 Å². The van der Waals surface area contributed by atoms with Gasteiger partial charge in [0.15, 0.2) is 5.78 Å². The lowest BCUT2D eigenvalue weighted by Gasteiger charge is -2.04. The highest BCUT2D eigenvalue weighted by atomic mass is 79.9. The Morgan fingerprint density at radius 2 is 1.60 bits per heavy atom. The molecule has 0 amide bonds. The van der Waals surface area contributed by atoms with E-state index in [1.54, 1.807) is 48.6 Å². The maximum Gasteiger partial charge on any atom is 0.238 e. The Morgan fingerprint density at radius 1 is 0.880 bits per heavy atom. The average Bonchev–Trinajstić information content (AvgIpc) is 2.63. The summed E-state index contributed by atoms with van der Waals surface area (Å²) in [6, 6.07) is 18.1. The van der Waals surface area contributed by atoms with Crippen molar-refractivity contribution in [2.45, 2.75) is 0 Å². The van der Waals surface area contributed by atoms with Crippen LogP contribution in [0.2, 0.25) is 0 Å². The van der Waals surface area contributed by atoms with E-state index >= 15 is 0 Å². The van der Waals surface area contributed by atoms with Gasteiger partial charge in [0.1, 0.15) is 10.4 Å². The van der Waals surface area contributed by atoms with Crippen molar-refractivity contribution in [2.24, 2.45) is 0 Å². The third-order valence-electron chi connectivity index (χ3n) is 3.27. The molecule has 0 unspecified atom stereocenters. The number of hydrogen-bond donors (Lipinski definition) is 0. The summed E-state index contributed by atoms with van der Waals surface area (Å²) in [6.07, 6.45) is 3.34. The Labute approximate surface area is 161 Å². The zero-order chi connectivity index (χ0) is 17.6. The molecule has 0 bridgehead atoms. The van der Waals surface area contributed by atoms with Crippen LogP contribution < -0.4 is 4.74 Å². The molecular weight excluding hydrogens is 448 g/mol. The first-order valence-electron chi connectivity index (χ1n) is 7.35. The molecule has 0 saturated heterocycles. The summed E-state index contributed by atoms with van der Waals surface area (Å²) in [5.41, 5.74) is 1.55. The molecule has 0 aliphatic heterocycles. The van der Waals surface area contributed by atoms with E-state index in [-0.39, 0.29) is 5.78 Å². The van der Waals surface area contributed by atoms with E-state index in [1.165, 1.54) is 0 Å². The second-order valence-electron chi connectivity index (χ2n) is 5.07. The van der Waals surface area contributed by atoms with Crippen molar-refractivity contribution >= 4 is 43.7 Å². The molecule has 4 nitrogen and oxygen atoms in total. The van der Waals surface area contributed by atoms with Crippen LogP contribution in [-0.2, 0) is 0 Å². The number of carbonyl (C=O) groups excluding carboxylic acids is 1. The number of allylic oxidation sites excluding steroid dienone is 1. The molecule has 1 heterocycles. The zero-order valence-electron chi connectivity index (χ0n) is 12.9. The Balaban J connectivity index is 1.65. The molecule has 1 aromatic heterocycles. The quantitative estimate of drug-likeness (QED) is 0.363. The summed E-state index contributed by atoms with van der Waals surface area (Å²) in [5.74, 6) is 0.903. The smallest absolute Gasteiger partial charge is 0.238 e. The summed E-state index contributed by atoms with van der Waals surface area (Å²) < 4.78 is 7.22. The number of carbonyl (C=O) groups is 1. The van der Waals surface area contributed by atoms with Crippen molar-refractivity contribution in [3.63, 3.8) is 0 Å². The number of ether oxygens (including phenoxy) is 1. The van der Waals surface area contributed by atoms with Gasteiger partial charge in [-0.1, -0.05) is 34.1 Å². The van der Waals surface area contributed by atoms with Crippen LogP contribution in [0, 0.1) is 0 Å². The minimum Gasteiger partial charge on any atom is -0.438 e. The van der Waals surface area contributed by atoms with Crippen LogP contribution in [0.15, 0.2) is 75.8 Å². The van der Waals surface area contributed by atoms with Gasteiger partial charge in [-0.3, -0.25) is 4.79 Å². The highest BCUT2D eigenvalue weighted by Crippen LogP contribution is 2.20. The molecular formula is C19H12Br2N2O2. The van der Waals surface area contributed by atoms with Crippen LogP contribution in [0.5, 0.6) is 11.6 Å². The number of ketones is 1.